The number of nitrogens with one attached hydrogen (secondary N) is 3. The second-order valence-electron chi connectivity index (χ2n) is 4.47. The predicted octanol–water partition coefficient (Wildman–Crippen LogP) is 1.18. The molecule has 1 unspecified atom stereocenters. The molecule has 0 spiro atoms. The number of hydrogen-bond acceptors (Lipinski definition) is 3. The van der Waals surface area contributed by atoms with E-state index in [0.717, 1.165) is 0 Å². The second-order valence-corrected chi connectivity index (χ2v) is 4.47. The Bertz CT molecular complexity index is 490. The maximum Gasteiger partial charge on any atom is 0.319 e. The van der Waals surface area contributed by atoms with Crippen molar-refractivity contribution in [2.24, 2.45) is 0 Å². The number of anilines is 1. The van der Waals surface area contributed by atoms with Crippen molar-refractivity contribution < 1.29 is 19.5 Å². The number of carboxylic acid groups (broad SMARTS) is 1. The van der Waals surface area contributed by atoms with Crippen molar-refractivity contribution in [1.82, 2.24) is 10.6 Å². The molecule has 0 saturated carbocycles. The van der Waals surface area contributed by atoms with Gasteiger partial charge in [-0.2, -0.15) is 0 Å². The number of carbonyl (C=O) groups excluding carboxylic acids is 2. The number of carbonyl (C=O) groups is 3. The van der Waals surface area contributed by atoms with E-state index in [-0.39, 0.29) is 18.9 Å². The monoisotopic (exact) mass is 293 g/mol. The molecule has 114 valence electrons. The highest BCUT2D eigenvalue weighted by atomic mass is 16.4. The van der Waals surface area contributed by atoms with Gasteiger partial charge in [0, 0.05) is 18.7 Å². The van der Waals surface area contributed by atoms with Crippen LogP contribution in [0.4, 0.5) is 10.5 Å². The van der Waals surface area contributed by atoms with Gasteiger partial charge >= 0.3 is 12.0 Å². The quantitative estimate of drug-likeness (QED) is 0.566. The highest BCUT2D eigenvalue weighted by molar-refractivity contribution is 5.93. The summed E-state index contributed by atoms with van der Waals surface area (Å²) in [6.45, 7) is 1.81. The average molecular weight is 293 g/mol. The third-order valence-electron chi connectivity index (χ3n) is 2.64. The molecule has 7 heteroatoms. The number of para-hydroxylation sites is 1. The van der Waals surface area contributed by atoms with Crippen molar-refractivity contribution in [3.05, 3.63) is 30.3 Å². The maximum absolute atomic E-state index is 11.7. The van der Waals surface area contributed by atoms with Gasteiger partial charge in [0.2, 0.25) is 5.91 Å². The molecule has 4 N–H and O–H groups in total. The fourth-order valence-corrected chi connectivity index (χ4v) is 1.56. The normalized spacial score (nSPS) is 11.3. The number of rotatable bonds is 7. The molecule has 21 heavy (non-hydrogen) atoms. The number of carboxylic acids is 1. The molecule has 0 aliphatic rings. The zero-order valence-corrected chi connectivity index (χ0v) is 11.8. The van der Waals surface area contributed by atoms with Crippen LogP contribution >= 0.6 is 0 Å². The lowest BCUT2D eigenvalue weighted by molar-refractivity contribution is -0.137. The maximum atomic E-state index is 11.7. The summed E-state index contributed by atoms with van der Waals surface area (Å²) in [6, 6.07) is 7.68. The van der Waals surface area contributed by atoms with E-state index in [4.69, 9.17) is 5.11 Å². The summed E-state index contributed by atoms with van der Waals surface area (Å²) in [4.78, 5) is 33.7. The van der Waals surface area contributed by atoms with E-state index in [9.17, 15) is 14.4 Å². The predicted molar refractivity (Wildman–Crippen MR) is 77.9 cm³/mol. The van der Waals surface area contributed by atoms with Gasteiger partial charge in [-0.3, -0.25) is 9.59 Å². The van der Waals surface area contributed by atoms with Crippen LogP contribution in [-0.4, -0.2) is 35.6 Å². The molecule has 1 aromatic rings. The molecule has 1 rings (SSSR count). The van der Waals surface area contributed by atoms with Crippen molar-refractivity contribution in [3.63, 3.8) is 0 Å². The number of amides is 3. The Morgan fingerprint density at radius 1 is 1.19 bits per heavy atom. The second kappa shape index (κ2) is 8.57. The van der Waals surface area contributed by atoms with Crippen molar-refractivity contribution in [2.45, 2.75) is 25.8 Å². The van der Waals surface area contributed by atoms with Crippen LogP contribution in [0.5, 0.6) is 0 Å². The topological polar surface area (TPSA) is 108 Å². The van der Waals surface area contributed by atoms with Crippen LogP contribution in [0.25, 0.3) is 0 Å². The Morgan fingerprint density at radius 2 is 1.86 bits per heavy atom. The van der Waals surface area contributed by atoms with Gasteiger partial charge in [0.15, 0.2) is 0 Å². The highest BCUT2D eigenvalue weighted by Gasteiger charge is 2.15. The Labute approximate surface area is 122 Å². The molecule has 7 nitrogen and oxygen atoms in total. The lowest BCUT2D eigenvalue weighted by Crippen LogP contribution is -2.46. The van der Waals surface area contributed by atoms with Crippen LogP contribution in [0, 0.1) is 0 Å². The van der Waals surface area contributed by atoms with Gasteiger partial charge in [0.05, 0.1) is 0 Å². The van der Waals surface area contributed by atoms with Gasteiger partial charge < -0.3 is 21.1 Å². The molecule has 0 aliphatic carbocycles. The van der Waals surface area contributed by atoms with Gasteiger partial charge in [0.25, 0.3) is 0 Å². The van der Waals surface area contributed by atoms with Crippen LogP contribution in [0.2, 0.25) is 0 Å². The van der Waals surface area contributed by atoms with E-state index in [1.54, 1.807) is 31.2 Å². The van der Waals surface area contributed by atoms with E-state index < -0.39 is 18.0 Å². The molecule has 0 saturated heterocycles. The van der Waals surface area contributed by atoms with Crippen LogP contribution in [0.1, 0.15) is 19.8 Å². The minimum absolute atomic E-state index is 0.00339. The standard InChI is InChI=1S/C14H19N3O4/c1-10(13(20)15-9-5-8-12(18)19)16-14(21)17-11-6-3-2-4-7-11/h2-4,6-7,10H,5,8-9H2,1H3,(H,15,20)(H,18,19)(H2,16,17,21). The third-order valence-corrected chi connectivity index (χ3v) is 2.64. The van der Waals surface area contributed by atoms with Crippen LogP contribution in [0.3, 0.4) is 0 Å². The van der Waals surface area contributed by atoms with Gasteiger partial charge in [-0.15, -0.1) is 0 Å². The Hall–Kier alpha value is -2.57. The first-order chi connectivity index (χ1) is 9.99. The molecule has 3 amide bonds. The minimum atomic E-state index is -0.905. The molecule has 0 radical (unpaired) electrons. The van der Waals surface area contributed by atoms with Gasteiger partial charge in [-0.25, -0.2) is 4.79 Å². The minimum Gasteiger partial charge on any atom is -0.481 e. The zero-order valence-electron chi connectivity index (χ0n) is 11.8. The lowest BCUT2D eigenvalue weighted by atomic mass is 10.3. The third kappa shape index (κ3) is 6.95. The lowest BCUT2D eigenvalue weighted by Gasteiger charge is -2.14. The first kappa shape index (κ1) is 16.5. The van der Waals surface area contributed by atoms with Crippen LogP contribution in [0.15, 0.2) is 30.3 Å². The summed E-state index contributed by atoms with van der Waals surface area (Å²) < 4.78 is 0. The number of hydrogen-bond donors (Lipinski definition) is 4. The largest absolute Gasteiger partial charge is 0.481 e. The first-order valence-electron chi connectivity index (χ1n) is 6.61. The molecule has 0 fully saturated rings. The van der Waals surface area contributed by atoms with E-state index in [2.05, 4.69) is 16.0 Å². The van der Waals surface area contributed by atoms with Crippen molar-refractivity contribution in [2.75, 3.05) is 11.9 Å². The molecule has 0 aromatic heterocycles. The van der Waals surface area contributed by atoms with E-state index in [1.165, 1.54) is 0 Å². The van der Waals surface area contributed by atoms with Crippen molar-refractivity contribution >= 4 is 23.6 Å². The fraction of sp³-hybridized carbons (Fsp3) is 0.357. The summed E-state index contributed by atoms with van der Waals surface area (Å²) >= 11 is 0. The van der Waals surface area contributed by atoms with Gasteiger partial charge in [0.1, 0.15) is 6.04 Å². The first-order valence-corrected chi connectivity index (χ1v) is 6.61. The molecule has 0 aliphatic heterocycles. The fourth-order valence-electron chi connectivity index (χ4n) is 1.56. The number of urea groups is 1. The summed E-state index contributed by atoms with van der Waals surface area (Å²) in [6.07, 6.45) is 0.348. The molecule has 1 atom stereocenters. The molecule has 1 aromatic carbocycles. The summed E-state index contributed by atoms with van der Waals surface area (Å²) in [5.41, 5.74) is 0.629. The molecular weight excluding hydrogens is 274 g/mol. The SMILES string of the molecule is CC(NC(=O)Nc1ccccc1)C(=O)NCCCC(=O)O. The van der Waals surface area contributed by atoms with Crippen LogP contribution < -0.4 is 16.0 Å². The highest BCUT2D eigenvalue weighted by Crippen LogP contribution is 2.04. The number of benzene rings is 1. The van der Waals surface area contributed by atoms with Gasteiger partial charge in [-0.05, 0) is 25.5 Å². The summed E-state index contributed by atoms with van der Waals surface area (Å²) in [7, 11) is 0. The van der Waals surface area contributed by atoms with E-state index in [1.807, 2.05) is 6.07 Å². The Morgan fingerprint density at radius 3 is 2.48 bits per heavy atom. The average Bonchev–Trinajstić information content (AvgIpc) is 2.44. The molecule has 0 bridgehead atoms. The Kier molecular flexibility index (Phi) is 6.73. The molecule has 0 heterocycles. The van der Waals surface area contributed by atoms with Gasteiger partial charge in [-0.1, -0.05) is 18.2 Å². The van der Waals surface area contributed by atoms with E-state index >= 15 is 0 Å². The van der Waals surface area contributed by atoms with E-state index in [0.29, 0.717) is 12.1 Å². The Balaban J connectivity index is 2.28. The summed E-state index contributed by atoms with van der Waals surface area (Å²) in [5, 5.41) is 16.1. The summed E-state index contributed by atoms with van der Waals surface area (Å²) in [5.74, 6) is -1.26. The zero-order chi connectivity index (χ0) is 15.7. The molecular formula is C14H19N3O4. The van der Waals surface area contributed by atoms with Crippen molar-refractivity contribution in [1.29, 1.82) is 0 Å². The number of aliphatic carboxylic acids is 1. The van der Waals surface area contributed by atoms with Crippen molar-refractivity contribution in [3.8, 4) is 0 Å². The van der Waals surface area contributed by atoms with Crippen LogP contribution in [-0.2, 0) is 9.59 Å². The smallest absolute Gasteiger partial charge is 0.319 e.